The number of carbonyl (C=O) groups excluding carboxylic acids is 3. The zero-order valence-corrected chi connectivity index (χ0v) is 22.3. The van der Waals surface area contributed by atoms with E-state index in [0.717, 1.165) is 10.9 Å². The van der Waals surface area contributed by atoms with Gasteiger partial charge in [0.1, 0.15) is 18.1 Å². The molecule has 13 nitrogen and oxygen atoms in total. The Morgan fingerprint density at radius 3 is 2.13 bits per heavy atom. The molecule has 0 aliphatic carbocycles. The average Bonchev–Trinajstić information content (AvgIpc) is 3.31. The Hall–Kier alpha value is -3.62. The van der Waals surface area contributed by atoms with Crippen molar-refractivity contribution in [3.63, 3.8) is 0 Å². The fourth-order valence-corrected chi connectivity index (χ4v) is 4.09. The number of rotatable bonds is 17. The number of hydrogen-bond donors (Lipinski definition) is 9. The topological polar surface area (TPSA) is 230 Å². The number of aliphatic carboxylic acids is 2. The number of nitrogens with two attached hydrogens (primary N) is 2. The minimum Gasteiger partial charge on any atom is -0.481 e. The maximum absolute atomic E-state index is 13.2. The Morgan fingerprint density at radius 1 is 0.897 bits per heavy atom. The lowest BCUT2D eigenvalue weighted by molar-refractivity contribution is -0.142. The van der Waals surface area contributed by atoms with Crippen molar-refractivity contribution in [3.8, 4) is 0 Å². The van der Waals surface area contributed by atoms with Crippen molar-refractivity contribution in [1.29, 1.82) is 0 Å². The fraction of sp³-hybridized carbons (Fsp3) is 0.480. The molecule has 2 aromatic rings. The number of nitrogens with one attached hydrogen (secondary N) is 4. The molecule has 0 fully saturated rings. The predicted octanol–water partition coefficient (Wildman–Crippen LogP) is -0.500. The van der Waals surface area contributed by atoms with E-state index in [9.17, 15) is 29.1 Å². The molecule has 39 heavy (non-hydrogen) atoms. The molecule has 2 rings (SSSR count). The molecule has 3 amide bonds. The van der Waals surface area contributed by atoms with Gasteiger partial charge < -0.3 is 42.6 Å². The SMILES string of the molecule is NCCCCC(NC(=O)C(CCC(=O)O)NC(=O)C(N)CS)C(=O)NC(Cc1c[nH]c2ccccc12)C(=O)O. The van der Waals surface area contributed by atoms with Crippen molar-refractivity contribution < 1.29 is 34.2 Å². The summed E-state index contributed by atoms with van der Waals surface area (Å²) in [5.41, 5.74) is 12.7. The summed E-state index contributed by atoms with van der Waals surface area (Å²) in [6, 6.07) is 2.58. The van der Waals surface area contributed by atoms with Crippen LogP contribution in [-0.4, -0.2) is 81.3 Å². The van der Waals surface area contributed by atoms with Gasteiger partial charge in [-0.1, -0.05) is 18.2 Å². The number of fused-ring (bicyclic) bond motifs is 1. The van der Waals surface area contributed by atoms with Crippen molar-refractivity contribution in [3.05, 3.63) is 36.0 Å². The molecule has 214 valence electrons. The minimum absolute atomic E-state index is 0.00374. The second-order valence-corrected chi connectivity index (χ2v) is 9.46. The van der Waals surface area contributed by atoms with Crippen LogP contribution in [-0.2, 0) is 30.4 Å². The minimum atomic E-state index is -1.29. The van der Waals surface area contributed by atoms with Crippen LogP contribution in [0.15, 0.2) is 30.5 Å². The molecule has 10 N–H and O–H groups in total. The molecular formula is C25H36N6O7S. The van der Waals surface area contributed by atoms with Gasteiger partial charge in [-0.25, -0.2) is 4.79 Å². The number of aromatic nitrogens is 1. The van der Waals surface area contributed by atoms with Crippen LogP contribution >= 0.6 is 12.6 Å². The van der Waals surface area contributed by atoms with E-state index in [1.807, 2.05) is 24.3 Å². The van der Waals surface area contributed by atoms with E-state index in [2.05, 4.69) is 33.6 Å². The van der Waals surface area contributed by atoms with Crippen LogP contribution in [0.5, 0.6) is 0 Å². The highest BCUT2D eigenvalue weighted by Crippen LogP contribution is 2.19. The largest absolute Gasteiger partial charge is 0.481 e. The average molecular weight is 565 g/mol. The highest BCUT2D eigenvalue weighted by atomic mass is 32.1. The number of benzene rings is 1. The van der Waals surface area contributed by atoms with Crippen LogP contribution in [0.25, 0.3) is 10.9 Å². The molecule has 1 heterocycles. The lowest BCUT2D eigenvalue weighted by Crippen LogP contribution is -2.57. The molecule has 0 saturated carbocycles. The molecule has 0 bridgehead atoms. The molecule has 0 aliphatic heterocycles. The molecule has 1 aromatic carbocycles. The number of carboxylic acids is 2. The molecule has 1 aromatic heterocycles. The summed E-state index contributed by atoms with van der Waals surface area (Å²) < 4.78 is 0. The molecule has 4 unspecified atom stereocenters. The number of aromatic amines is 1. The van der Waals surface area contributed by atoms with E-state index in [1.54, 1.807) is 6.20 Å². The smallest absolute Gasteiger partial charge is 0.326 e. The van der Waals surface area contributed by atoms with Crippen LogP contribution in [0.3, 0.4) is 0 Å². The van der Waals surface area contributed by atoms with Gasteiger partial charge >= 0.3 is 11.9 Å². The molecule has 0 radical (unpaired) electrons. The molecule has 0 saturated heterocycles. The van der Waals surface area contributed by atoms with Gasteiger partial charge in [-0.15, -0.1) is 0 Å². The summed E-state index contributed by atoms with van der Waals surface area (Å²) in [5, 5.41) is 27.1. The van der Waals surface area contributed by atoms with Crippen LogP contribution in [0.2, 0.25) is 0 Å². The number of thiol groups is 1. The molecule has 0 spiro atoms. The first kappa shape index (κ1) is 31.6. The highest BCUT2D eigenvalue weighted by molar-refractivity contribution is 7.80. The van der Waals surface area contributed by atoms with E-state index in [-0.39, 0.29) is 25.0 Å². The van der Waals surface area contributed by atoms with E-state index >= 15 is 0 Å². The number of unbranched alkanes of at least 4 members (excludes halogenated alkanes) is 1. The number of para-hydroxylation sites is 1. The number of hydrogen-bond acceptors (Lipinski definition) is 8. The Bertz CT molecular complexity index is 1160. The quantitative estimate of drug-likeness (QED) is 0.0889. The molecule has 14 heteroatoms. The lowest BCUT2D eigenvalue weighted by Gasteiger charge is -2.25. The Labute approximate surface area is 230 Å². The van der Waals surface area contributed by atoms with Crippen molar-refractivity contribution >= 4 is 53.2 Å². The zero-order valence-electron chi connectivity index (χ0n) is 21.4. The predicted molar refractivity (Wildman–Crippen MR) is 147 cm³/mol. The van der Waals surface area contributed by atoms with Crippen LogP contribution in [0.4, 0.5) is 0 Å². The first-order chi connectivity index (χ1) is 18.6. The molecule has 4 atom stereocenters. The molecular weight excluding hydrogens is 528 g/mol. The maximum Gasteiger partial charge on any atom is 0.326 e. The van der Waals surface area contributed by atoms with Crippen molar-refractivity contribution in [1.82, 2.24) is 20.9 Å². The van der Waals surface area contributed by atoms with Gasteiger partial charge in [0, 0.05) is 35.7 Å². The lowest BCUT2D eigenvalue weighted by atomic mass is 10.0. The second-order valence-electron chi connectivity index (χ2n) is 9.09. The van der Waals surface area contributed by atoms with Gasteiger partial charge in [0.25, 0.3) is 0 Å². The summed E-state index contributed by atoms with van der Waals surface area (Å²) in [6.07, 6.45) is 2.14. The second kappa shape index (κ2) is 15.7. The third-order valence-electron chi connectivity index (χ3n) is 6.11. The third-order valence-corrected chi connectivity index (χ3v) is 6.50. The summed E-state index contributed by atoms with van der Waals surface area (Å²) >= 11 is 3.95. The summed E-state index contributed by atoms with van der Waals surface area (Å²) in [5.74, 6) is -4.68. The van der Waals surface area contributed by atoms with Crippen LogP contribution in [0, 0.1) is 0 Å². The van der Waals surface area contributed by atoms with Gasteiger partial charge in [-0.2, -0.15) is 12.6 Å². The highest BCUT2D eigenvalue weighted by Gasteiger charge is 2.30. The van der Waals surface area contributed by atoms with E-state index < -0.39 is 60.2 Å². The summed E-state index contributed by atoms with van der Waals surface area (Å²) in [4.78, 5) is 64.7. The van der Waals surface area contributed by atoms with Crippen molar-refractivity contribution in [2.45, 2.75) is 62.7 Å². The fourth-order valence-electron chi connectivity index (χ4n) is 3.93. The standard InChI is InChI=1S/C25H36N6O7S/c26-10-4-3-7-18(30-24(36)19(8-9-21(32)33)29-22(34)16(27)13-39)23(35)31-20(25(37)38)11-14-12-28-17-6-2-1-5-15(14)17/h1-2,5-6,12,16,18-20,28,39H,3-4,7-11,13,26-27H2,(H,29,34)(H,30,36)(H,31,35)(H,32,33)(H,37,38). The van der Waals surface area contributed by atoms with Gasteiger partial charge in [0.05, 0.1) is 6.04 Å². The van der Waals surface area contributed by atoms with E-state index in [0.29, 0.717) is 24.9 Å². The number of amides is 3. The summed E-state index contributed by atoms with van der Waals surface area (Å²) in [6.45, 7) is 0.347. The normalized spacial score (nSPS) is 14.1. The monoisotopic (exact) mass is 564 g/mol. The first-order valence-corrected chi connectivity index (χ1v) is 13.2. The van der Waals surface area contributed by atoms with E-state index in [4.69, 9.17) is 16.6 Å². The van der Waals surface area contributed by atoms with Crippen LogP contribution in [0.1, 0.15) is 37.7 Å². The van der Waals surface area contributed by atoms with Crippen molar-refractivity contribution in [2.24, 2.45) is 11.5 Å². The van der Waals surface area contributed by atoms with E-state index in [1.165, 1.54) is 0 Å². The Morgan fingerprint density at radius 2 is 1.51 bits per heavy atom. The maximum atomic E-state index is 13.2. The number of carboxylic acid groups (broad SMARTS) is 2. The van der Waals surface area contributed by atoms with Gasteiger partial charge in [-0.3, -0.25) is 19.2 Å². The van der Waals surface area contributed by atoms with Gasteiger partial charge in [-0.05, 0) is 43.9 Å². The first-order valence-electron chi connectivity index (χ1n) is 12.5. The van der Waals surface area contributed by atoms with Gasteiger partial charge in [0.2, 0.25) is 17.7 Å². The number of H-pyrrole nitrogens is 1. The Kier molecular flexibility index (Phi) is 12.7. The zero-order chi connectivity index (χ0) is 28.9. The van der Waals surface area contributed by atoms with Gasteiger partial charge in [0.15, 0.2) is 0 Å². The Balaban J connectivity index is 2.19. The molecule has 0 aliphatic rings. The number of carbonyl (C=O) groups is 5. The third kappa shape index (κ3) is 9.89. The van der Waals surface area contributed by atoms with Crippen LogP contribution < -0.4 is 27.4 Å². The summed E-state index contributed by atoms with van der Waals surface area (Å²) in [7, 11) is 0. The van der Waals surface area contributed by atoms with Crippen molar-refractivity contribution in [2.75, 3.05) is 12.3 Å².